The lowest BCUT2D eigenvalue weighted by molar-refractivity contribution is -0.136. The van der Waals surface area contributed by atoms with Gasteiger partial charge in [-0.25, -0.2) is 4.68 Å². The van der Waals surface area contributed by atoms with Crippen molar-refractivity contribution in [2.45, 2.75) is 37.5 Å². The van der Waals surface area contributed by atoms with Crippen molar-refractivity contribution in [1.29, 1.82) is 0 Å². The summed E-state index contributed by atoms with van der Waals surface area (Å²) >= 11 is 6.02. The van der Waals surface area contributed by atoms with Gasteiger partial charge in [0, 0.05) is 37.6 Å². The summed E-state index contributed by atoms with van der Waals surface area (Å²) in [6.45, 7) is 1.30. The van der Waals surface area contributed by atoms with E-state index in [0.717, 1.165) is 19.3 Å². The molecule has 0 saturated carbocycles. The highest BCUT2D eigenvalue weighted by Crippen LogP contribution is 2.43. The minimum atomic E-state index is -4.65. The zero-order valence-corrected chi connectivity index (χ0v) is 15.5. The molecule has 0 amide bonds. The highest BCUT2D eigenvalue weighted by molar-refractivity contribution is 6.32. The van der Waals surface area contributed by atoms with Crippen LogP contribution in [0.5, 0.6) is 0 Å². The molecule has 2 unspecified atom stereocenters. The van der Waals surface area contributed by atoms with E-state index in [4.69, 9.17) is 16.0 Å². The molecule has 2 aromatic heterocycles. The fourth-order valence-corrected chi connectivity index (χ4v) is 4.47. The number of fused-ring (bicyclic) bond motifs is 3. The Morgan fingerprint density at radius 1 is 1.21 bits per heavy atom. The maximum absolute atomic E-state index is 13.7. The van der Waals surface area contributed by atoms with Crippen LogP contribution in [0.25, 0.3) is 16.8 Å². The molecule has 28 heavy (non-hydrogen) atoms. The lowest BCUT2D eigenvalue weighted by Crippen LogP contribution is -2.58. The molecule has 5 rings (SSSR count). The van der Waals surface area contributed by atoms with Crippen LogP contribution >= 0.6 is 11.6 Å². The largest absolute Gasteiger partial charge is 0.421 e. The monoisotopic (exact) mass is 411 g/mol. The third kappa shape index (κ3) is 2.93. The lowest BCUT2D eigenvalue weighted by atomic mass is 9.94. The number of benzene rings is 1. The number of halogens is 4. The van der Waals surface area contributed by atoms with Gasteiger partial charge in [0.2, 0.25) is 0 Å². The van der Waals surface area contributed by atoms with Crippen molar-refractivity contribution >= 4 is 28.7 Å². The van der Waals surface area contributed by atoms with Crippen molar-refractivity contribution in [1.82, 2.24) is 20.1 Å². The van der Waals surface area contributed by atoms with Crippen LogP contribution in [-0.2, 0) is 6.18 Å². The van der Waals surface area contributed by atoms with Crippen molar-refractivity contribution in [3.8, 4) is 5.69 Å². The molecule has 148 valence electrons. The van der Waals surface area contributed by atoms with Crippen LogP contribution in [0.3, 0.4) is 0 Å². The summed E-state index contributed by atoms with van der Waals surface area (Å²) in [5.41, 5.74) is -0.916. The van der Waals surface area contributed by atoms with Crippen molar-refractivity contribution in [3.05, 3.63) is 35.1 Å². The Morgan fingerprint density at radius 3 is 2.61 bits per heavy atom. The summed E-state index contributed by atoms with van der Waals surface area (Å²) in [6.07, 6.45) is 1.73. The average molecular weight is 412 g/mol. The van der Waals surface area contributed by atoms with E-state index in [1.165, 1.54) is 16.9 Å². The van der Waals surface area contributed by atoms with Crippen LogP contribution < -0.4 is 10.2 Å². The Hall–Kier alpha value is -2.26. The van der Waals surface area contributed by atoms with E-state index in [2.05, 4.69) is 15.4 Å². The number of rotatable bonds is 2. The molecular weight excluding hydrogens is 395 g/mol. The van der Waals surface area contributed by atoms with E-state index in [-0.39, 0.29) is 17.1 Å². The van der Waals surface area contributed by atoms with Crippen LogP contribution in [0.15, 0.2) is 28.9 Å². The Balaban J connectivity index is 1.67. The molecule has 4 heterocycles. The van der Waals surface area contributed by atoms with Gasteiger partial charge in [0.15, 0.2) is 5.58 Å². The standard InChI is InChI=1S/C18H17ClF3N5O/c19-12-7-13(27-6-2-5-23-27)16-15(14(12)18(20,21)22)25-17(28-16)26-8-10-3-1-4-11(9-26)24-10/h2,5-7,10-11,24H,1,3-4,8-9H2. The molecule has 2 aliphatic heterocycles. The van der Waals surface area contributed by atoms with Crippen molar-refractivity contribution in [2.24, 2.45) is 0 Å². The van der Waals surface area contributed by atoms with E-state index < -0.39 is 16.8 Å². The molecule has 3 aromatic rings. The van der Waals surface area contributed by atoms with E-state index in [0.29, 0.717) is 30.9 Å². The summed E-state index contributed by atoms with van der Waals surface area (Å²) in [7, 11) is 0. The molecule has 2 bridgehead atoms. The van der Waals surface area contributed by atoms with Crippen molar-refractivity contribution in [3.63, 3.8) is 0 Å². The Bertz CT molecular complexity index is 1000. The Kier molecular flexibility index (Phi) is 4.06. The van der Waals surface area contributed by atoms with Crippen molar-refractivity contribution in [2.75, 3.05) is 18.0 Å². The zero-order chi connectivity index (χ0) is 19.5. The number of nitrogens with zero attached hydrogens (tertiary/aromatic N) is 4. The van der Waals surface area contributed by atoms with Gasteiger partial charge in [-0.05, 0) is 25.0 Å². The molecule has 0 spiro atoms. The second-order valence-corrected chi connectivity index (χ2v) is 7.68. The van der Waals surface area contributed by atoms with Gasteiger partial charge >= 0.3 is 6.18 Å². The second kappa shape index (κ2) is 6.38. The van der Waals surface area contributed by atoms with Gasteiger partial charge in [-0.3, -0.25) is 0 Å². The molecule has 2 aliphatic rings. The molecular formula is C18H17ClF3N5O. The van der Waals surface area contributed by atoms with Gasteiger partial charge in [-0.15, -0.1) is 0 Å². The fraction of sp³-hybridized carbons (Fsp3) is 0.444. The predicted molar refractivity (Wildman–Crippen MR) is 97.9 cm³/mol. The molecule has 1 aromatic carbocycles. The van der Waals surface area contributed by atoms with Crippen LogP contribution in [0.4, 0.5) is 19.2 Å². The highest BCUT2D eigenvalue weighted by atomic mass is 35.5. The number of nitrogens with one attached hydrogen (secondary N) is 1. The number of piperazine rings is 1. The first kappa shape index (κ1) is 17.8. The molecule has 6 nitrogen and oxygen atoms in total. The van der Waals surface area contributed by atoms with E-state index in [9.17, 15) is 13.2 Å². The van der Waals surface area contributed by atoms with E-state index >= 15 is 0 Å². The first-order valence-corrected chi connectivity index (χ1v) is 9.49. The molecule has 2 saturated heterocycles. The number of aromatic nitrogens is 3. The van der Waals surface area contributed by atoms with Gasteiger partial charge in [0.1, 0.15) is 16.8 Å². The molecule has 2 atom stereocenters. The first-order valence-electron chi connectivity index (χ1n) is 9.11. The average Bonchev–Trinajstić information content (AvgIpc) is 3.29. The number of hydrogen-bond donors (Lipinski definition) is 1. The molecule has 0 aliphatic carbocycles. The number of hydrogen-bond acceptors (Lipinski definition) is 5. The summed E-state index contributed by atoms with van der Waals surface area (Å²) < 4.78 is 48.4. The number of oxazole rings is 1. The fourth-order valence-electron chi connectivity index (χ4n) is 4.17. The van der Waals surface area contributed by atoms with Gasteiger partial charge in [0.25, 0.3) is 6.01 Å². The summed E-state index contributed by atoms with van der Waals surface area (Å²) in [4.78, 5) is 6.17. The van der Waals surface area contributed by atoms with Crippen LogP contribution in [0.2, 0.25) is 5.02 Å². The lowest BCUT2D eigenvalue weighted by Gasteiger charge is -2.41. The van der Waals surface area contributed by atoms with Gasteiger partial charge in [0.05, 0.1) is 5.02 Å². The third-order valence-corrected chi connectivity index (χ3v) is 5.65. The van der Waals surface area contributed by atoms with E-state index in [1.807, 2.05) is 4.90 Å². The zero-order valence-electron chi connectivity index (χ0n) is 14.7. The molecule has 1 N–H and O–H groups in total. The van der Waals surface area contributed by atoms with Crippen LogP contribution in [0.1, 0.15) is 24.8 Å². The summed E-state index contributed by atoms with van der Waals surface area (Å²) in [6, 6.07) is 3.67. The van der Waals surface area contributed by atoms with Gasteiger partial charge < -0.3 is 14.6 Å². The van der Waals surface area contributed by atoms with Crippen molar-refractivity contribution < 1.29 is 17.6 Å². The van der Waals surface area contributed by atoms with Gasteiger partial charge in [-0.1, -0.05) is 18.0 Å². The maximum Gasteiger partial charge on any atom is 0.420 e. The Morgan fingerprint density at radius 2 is 1.96 bits per heavy atom. The summed E-state index contributed by atoms with van der Waals surface area (Å²) in [5.74, 6) is 0. The molecule has 10 heteroatoms. The highest BCUT2D eigenvalue weighted by Gasteiger charge is 2.39. The predicted octanol–water partition coefficient (Wildman–Crippen LogP) is 4.02. The topological polar surface area (TPSA) is 59.1 Å². The minimum Gasteiger partial charge on any atom is -0.421 e. The van der Waals surface area contributed by atoms with Crippen LogP contribution in [0, 0.1) is 0 Å². The first-order chi connectivity index (χ1) is 13.4. The third-order valence-electron chi connectivity index (χ3n) is 5.35. The molecule has 0 radical (unpaired) electrons. The number of anilines is 1. The normalized spacial score (nSPS) is 22.8. The number of alkyl halides is 3. The quantitative estimate of drug-likeness (QED) is 0.690. The maximum atomic E-state index is 13.7. The second-order valence-electron chi connectivity index (χ2n) is 7.27. The Labute approximate surface area is 163 Å². The minimum absolute atomic E-state index is 0.0270. The summed E-state index contributed by atoms with van der Waals surface area (Å²) in [5, 5.41) is 7.21. The smallest absolute Gasteiger partial charge is 0.420 e. The number of piperidine rings is 1. The molecule has 2 fully saturated rings. The van der Waals surface area contributed by atoms with Gasteiger partial charge in [-0.2, -0.15) is 23.3 Å². The van der Waals surface area contributed by atoms with E-state index in [1.54, 1.807) is 12.3 Å². The SMILES string of the molecule is FC(F)(F)c1c(Cl)cc(-n2cccn2)c2oc(N3CC4CCCC(C3)N4)nc12. The van der Waals surface area contributed by atoms with Crippen LogP contribution in [-0.4, -0.2) is 39.9 Å².